The van der Waals surface area contributed by atoms with E-state index in [-0.39, 0.29) is 5.91 Å². The van der Waals surface area contributed by atoms with Gasteiger partial charge in [0.2, 0.25) is 0 Å². The largest absolute Gasteiger partial charge is 0.486 e. The topological polar surface area (TPSA) is 60.5 Å². The summed E-state index contributed by atoms with van der Waals surface area (Å²) in [5, 5.41) is 2.83. The van der Waals surface area contributed by atoms with E-state index >= 15 is 0 Å². The number of rotatable bonds is 3. The summed E-state index contributed by atoms with van der Waals surface area (Å²) in [7, 11) is 0. The number of nitrogens with zero attached hydrogens (tertiary/aromatic N) is 1. The van der Waals surface area contributed by atoms with Gasteiger partial charge in [0, 0.05) is 6.20 Å². The van der Waals surface area contributed by atoms with Crippen molar-refractivity contribution in [2.24, 2.45) is 0 Å². The van der Waals surface area contributed by atoms with Crippen LogP contribution in [-0.2, 0) is 6.54 Å². The molecule has 0 radical (unpaired) electrons. The van der Waals surface area contributed by atoms with Gasteiger partial charge in [-0.3, -0.25) is 9.78 Å². The smallest absolute Gasteiger partial charge is 0.255 e. The molecule has 102 valence electrons. The van der Waals surface area contributed by atoms with Gasteiger partial charge in [-0.15, -0.1) is 0 Å². The first-order valence-electron chi connectivity index (χ1n) is 6.41. The van der Waals surface area contributed by atoms with Crippen molar-refractivity contribution < 1.29 is 14.3 Å². The summed E-state index contributed by atoms with van der Waals surface area (Å²) in [5.41, 5.74) is 1.29. The summed E-state index contributed by atoms with van der Waals surface area (Å²) in [6.07, 6.45) is 1.70. The van der Waals surface area contributed by atoms with Gasteiger partial charge in [-0.2, -0.15) is 0 Å². The molecule has 0 saturated carbocycles. The van der Waals surface area contributed by atoms with Crippen molar-refractivity contribution in [2.45, 2.75) is 6.54 Å². The monoisotopic (exact) mass is 270 g/mol. The van der Waals surface area contributed by atoms with Gasteiger partial charge < -0.3 is 14.8 Å². The quantitative estimate of drug-likeness (QED) is 0.923. The molecule has 5 heteroatoms. The molecule has 0 spiro atoms. The molecule has 1 aliphatic rings. The summed E-state index contributed by atoms with van der Waals surface area (Å²) < 4.78 is 11.0. The number of aromatic nitrogens is 1. The maximum absolute atomic E-state index is 12.2. The first kappa shape index (κ1) is 12.5. The van der Waals surface area contributed by atoms with E-state index in [2.05, 4.69) is 10.3 Å². The Morgan fingerprint density at radius 2 is 2.05 bits per heavy atom. The second-order valence-electron chi connectivity index (χ2n) is 4.33. The van der Waals surface area contributed by atoms with Crippen LogP contribution in [0, 0.1) is 0 Å². The lowest BCUT2D eigenvalue weighted by atomic mass is 10.1. The van der Waals surface area contributed by atoms with Gasteiger partial charge in [0.1, 0.15) is 13.2 Å². The zero-order valence-electron chi connectivity index (χ0n) is 10.8. The van der Waals surface area contributed by atoms with Crippen LogP contribution in [0.4, 0.5) is 0 Å². The van der Waals surface area contributed by atoms with Gasteiger partial charge in [-0.25, -0.2) is 0 Å². The number of carbonyl (C=O) groups is 1. The molecule has 1 aromatic carbocycles. The summed E-state index contributed by atoms with van der Waals surface area (Å²) in [5.74, 6) is 0.928. The van der Waals surface area contributed by atoms with E-state index in [0.717, 1.165) is 5.69 Å². The number of ether oxygens (including phenoxy) is 2. The number of carbonyl (C=O) groups excluding carboxylic acids is 1. The van der Waals surface area contributed by atoms with Gasteiger partial charge in [0.05, 0.1) is 17.8 Å². The van der Waals surface area contributed by atoms with E-state index in [4.69, 9.17) is 9.47 Å². The van der Waals surface area contributed by atoms with E-state index in [1.54, 1.807) is 24.4 Å². The zero-order chi connectivity index (χ0) is 13.8. The van der Waals surface area contributed by atoms with Crippen molar-refractivity contribution in [3.05, 3.63) is 53.9 Å². The number of pyridine rings is 1. The van der Waals surface area contributed by atoms with E-state index in [9.17, 15) is 4.79 Å². The van der Waals surface area contributed by atoms with Crippen molar-refractivity contribution in [3.8, 4) is 11.5 Å². The molecule has 0 saturated heterocycles. The Bertz CT molecular complexity index is 614. The standard InChI is InChI=1S/C15H14N2O3/c18-15(17-10-11-4-1-2-7-16-11)12-5-3-6-13-14(12)20-9-8-19-13/h1-7H,8-10H2,(H,17,18). The van der Waals surface area contributed by atoms with Gasteiger partial charge in [-0.1, -0.05) is 12.1 Å². The molecule has 20 heavy (non-hydrogen) atoms. The highest BCUT2D eigenvalue weighted by Gasteiger charge is 2.20. The summed E-state index contributed by atoms with van der Waals surface area (Å²) in [6, 6.07) is 10.9. The molecular weight excluding hydrogens is 256 g/mol. The second kappa shape index (κ2) is 5.61. The van der Waals surface area contributed by atoms with Crippen LogP contribution >= 0.6 is 0 Å². The van der Waals surface area contributed by atoms with Crippen LogP contribution in [0.25, 0.3) is 0 Å². The summed E-state index contributed by atoms with van der Waals surface area (Å²) in [4.78, 5) is 16.4. The first-order chi connectivity index (χ1) is 9.84. The molecule has 0 fully saturated rings. The molecule has 0 aliphatic carbocycles. The normalized spacial score (nSPS) is 12.8. The molecule has 1 aliphatic heterocycles. The summed E-state index contributed by atoms with van der Waals surface area (Å²) in [6.45, 7) is 1.34. The molecule has 0 bridgehead atoms. The first-order valence-corrected chi connectivity index (χ1v) is 6.41. The molecule has 3 rings (SSSR count). The maximum Gasteiger partial charge on any atom is 0.255 e. The molecule has 0 unspecified atom stereocenters. The van der Waals surface area contributed by atoms with Crippen molar-refractivity contribution in [2.75, 3.05) is 13.2 Å². The van der Waals surface area contributed by atoms with Crippen LogP contribution in [0.15, 0.2) is 42.6 Å². The Hall–Kier alpha value is -2.56. The fourth-order valence-corrected chi connectivity index (χ4v) is 2.02. The third-order valence-electron chi connectivity index (χ3n) is 2.97. The lowest BCUT2D eigenvalue weighted by Crippen LogP contribution is -2.25. The molecule has 1 aromatic heterocycles. The predicted molar refractivity (Wildman–Crippen MR) is 72.8 cm³/mol. The lowest BCUT2D eigenvalue weighted by molar-refractivity contribution is 0.0939. The SMILES string of the molecule is O=C(NCc1ccccn1)c1cccc2c1OCCO2. The molecule has 1 amide bonds. The van der Waals surface area contributed by atoms with Crippen LogP contribution in [0.1, 0.15) is 16.1 Å². The van der Waals surface area contributed by atoms with Gasteiger partial charge in [-0.05, 0) is 24.3 Å². The fourth-order valence-electron chi connectivity index (χ4n) is 2.02. The number of para-hydroxylation sites is 1. The third kappa shape index (κ3) is 2.56. The Kier molecular flexibility index (Phi) is 3.50. The molecule has 1 N–H and O–H groups in total. The Morgan fingerprint density at radius 1 is 1.15 bits per heavy atom. The van der Waals surface area contributed by atoms with E-state index in [1.165, 1.54) is 0 Å². The molecular formula is C15H14N2O3. The number of nitrogens with one attached hydrogen (secondary N) is 1. The minimum Gasteiger partial charge on any atom is -0.486 e. The van der Waals surface area contributed by atoms with Crippen LogP contribution in [-0.4, -0.2) is 24.1 Å². The third-order valence-corrected chi connectivity index (χ3v) is 2.97. The molecule has 0 atom stereocenters. The van der Waals surface area contributed by atoms with Crippen molar-refractivity contribution in [1.82, 2.24) is 10.3 Å². The van der Waals surface area contributed by atoms with Crippen molar-refractivity contribution in [3.63, 3.8) is 0 Å². The van der Waals surface area contributed by atoms with E-state index < -0.39 is 0 Å². The van der Waals surface area contributed by atoms with E-state index in [0.29, 0.717) is 36.8 Å². The van der Waals surface area contributed by atoms with Crippen molar-refractivity contribution in [1.29, 1.82) is 0 Å². The second-order valence-corrected chi connectivity index (χ2v) is 4.33. The highest BCUT2D eigenvalue weighted by atomic mass is 16.6. The van der Waals surface area contributed by atoms with Crippen LogP contribution in [0.2, 0.25) is 0 Å². The minimum atomic E-state index is -0.196. The highest BCUT2D eigenvalue weighted by molar-refractivity contribution is 5.97. The van der Waals surface area contributed by atoms with Gasteiger partial charge in [0.25, 0.3) is 5.91 Å². The zero-order valence-corrected chi connectivity index (χ0v) is 10.8. The number of benzene rings is 1. The van der Waals surface area contributed by atoms with Crippen molar-refractivity contribution >= 4 is 5.91 Å². The molecule has 5 nitrogen and oxygen atoms in total. The predicted octanol–water partition coefficient (Wildman–Crippen LogP) is 1.78. The average molecular weight is 270 g/mol. The highest BCUT2D eigenvalue weighted by Crippen LogP contribution is 2.33. The molecule has 2 aromatic rings. The Morgan fingerprint density at radius 3 is 2.90 bits per heavy atom. The number of amides is 1. The summed E-state index contributed by atoms with van der Waals surface area (Å²) >= 11 is 0. The van der Waals surface area contributed by atoms with E-state index in [1.807, 2.05) is 18.2 Å². The number of fused-ring (bicyclic) bond motifs is 1. The average Bonchev–Trinajstić information content (AvgIpc) is 2.53. The fraction of sp³-hybridized carbons (Fsp3) is 0.200. The minimum absolute atomic E-state index is 0.196. The van der Waals surface area contributed by atoms with Gasteiger partial charge >= 0.3 is 0 Å². The van der Waals surface area contributed by atoms with Crippen LogP contribution in [0.5, 0.6) is 11.5 Å². The number of hydrogen-bond acceptors (Lipinski definition) is 4. The van der Waals surface area contributed by atoms with Crippen LogP contribution < -0.4 is 14.8 Å². The maximum atomic E-state index is 12.2. The Balaban J connectivity index is 1.74. The van der Waals surface area contributed by atoms with Gasteiger partial charge in [0.15, 0.2) is 11.5 Å². The molecule has 2 heterocycles. The number of hydrogen-bond donors (Lipinski definition) is 1. The lowest BCUT2D eigenvalue weighted by Gasteiger charge is -2.20. The van der Waals surface area contributed by atoms with Crippen LogP contribution in [0.3, 0.4) is 0 Å². The Labute approximate surface area is 116 Å².